The van der Waals surface area contributed by atoms with E-state index in [4.69, 9.17) is 0 Å². The van der Waals surface area contributed by atoms with Crippen LogP contribution >= 0.6 is 0 Å². The Morgan fingerprint density at radius 1 is 0.656 bits per heavy atom. The molecule has 0 atom stereocenters. The van der Waals surface area contributed by atoms with Crippen LogP contribution in [0.3, 0.4) is 0 Å². The first kappa shape index (κ1) is 22.5. The molecule has 0 unspecified atom stereocenters. The highest BCUT2D eigenvalue weighted by atomic mass is 32.2. The molecule has 3 aromatic carbocycles. The molecule has 0 saturated carbocycles. The summed E-state index contributed by atoms with van der Waals surface area (Å²) in [5.41, 5.74) is 1.52. The van der Waals surface area contributed by atoms with Crippen molar-refractivity contribution in [2.45, 2.75) is 16.0 Å². The molecule has 168 valence electrons. The SMILES string of the molecule is CN(C)c1ccc(C2N(S(=O)(=O)c3ccccc3)CCN2S(=O)(=O)c2ccccc2)cc1. The van der Waals surface area contributed by atoms with Gasteiger partial charge < -0.3 is 4.90 Å². The molecule has 0 radical (unpaired) electrons. The van der Waals surface area contributed by atoms with E-state index in [-0.39, 0.29) is 22.9 Å². The van der Waals surface area contributed by atoms with Crippen LogP contribution in [0, 0.1) is 0 Å². The average Bonchev–Trinajstić information content (AvgIpc) is 3.27. The van der Waals surface area contributed by atoms with Gasteiger partial charge in [0.05, 0.1) is 9.79 Å². The summed E-state index contributed by atoms with van der Waals surface area (Å²) in [6, 6.07) is 23.5. The van der Waals surface area contributed by atoms with Crippen molar-refractivity contribution in [3.8, 4) is 0 Å². The Morgan fingerprint density at radius 2 is 1.06 bits per heavy atom. The summed E-state index contributed by atoms with van der Waals surface area (Å²) in [6.07, 6.45) is -0.985. The molecule has 1 aliphatic heterocycles. The quantitative estimate of drug-likeness (QED) is 0.552. The van der Waals surface area contributed by atoms with E-state index in [9.17, 15) is 16.8 Å². The van der Waals surface area contributed by atoms with Crippen LogP contribution in [-0.4, -0.2) is 52.6 Å². The van der Waals surface area contributed by atoms with Gasteiger partial charge in [-0.15, -0.1) is 0 Å². The summed E-state index contributed by atoms with van der Waals surface area (Å²) in [6.45, 7) is 0.118. The van der Waals surface area contributed by atoms with Gasteiger partial charge in [-0.3, -0.25) is 0 Å². The van der Waals surface area contributed by atoms with Crippen LogP contribution in [-0.2, 0) is 20.0 Å². The van der Waals surface area contributed by atoms with Gasteiger partial charge in [-0.2, -0.15) is 8.61 Å². The second kappa shape index (κ2) is 8.67. The Hall–Kier alpha value is -2.72. The summed E-state index contributed by atoms with van der Waals surface area (Å²) >= 11 is 0. The highest BCUT2D eigenvalue weighted by molar-refractivity contribution is 7.90. The van der Waals surface area contributed by atoms with E-state index in [1.807, 2.05) is 31.1 Å². The molecule has 0 amide bonds. The van der Waals surface area contributed by atoms with E-state index < -0.39 is 26.2 Å². The fraction of sp³-hybridized carbons (Fsp3) is 0.217. The fourth-order valence-corrected chi connectivity index (χ4v) is 7.07. The number of rotatable bonds is 6. The summed E-state index contributed by atoms with van der Waals surface area (Å²) in [4.78, 5) is 2.19. The number of sulfonamides is 2. The number of benzene rings is 3. The van der Waals surface area contributed by atoms with Gasteiger partial charge in [0.25, 0.3) is 0 Å². The molecule has 0 N–H and O–H groups in total. The first-order valence-electron chi connectivity index (χ1n) is 10.1. The van der Waals surface area contributed by atoms with E-state index in [1.165, 1.54) is 32.9 Å². The number of anilines is 1. The predicted molar refractivity (Wildman–Crippen MR) is 124 cm³/mol. The fourth-order valence-electron chi connectivity index (χ4n) is 3.82. The third-order valence-corrected chi connectivity index (χ3v) is 9.23. The van der Waals surface area contributed by atoms with Gasteiger partial charge in [0.15, 0.2) is 0 Å². The molecule has 3 aromatic rings. The lowest BCUT2D eigenvalue weighted by Crippen LogP contribution is -2.38. The molecule has 0 bridgehead atoms. The largest absolute Gasteiger partial charge is 0.378 e. The average molecular weight is 472 g/mol. The Balaban J connectivity index is 1.83. The number of hydrogen-bond donors (Lipinski definition) is 0. The smallest absolute Gasteiger partial charge is 0.244 e. The normalized spacial score (nSPS) is 16.3. The predicted octanol–water partition coefficient (Wildman–Crippen LogP) is 3.15. The minimum Gasteiger partial charge on any atom is -0.378 e. The van der Waals surface area contributed by atoms with Crippen molar-refractivity contribution in [2.75, 3.05) is 32.1 Å². The third kappa shape index (κ3) is 4.04. The summed E-state index contributed by atoms with van der Waals surface area (Å²) in [5.74, 6) is 0. The maximum Gasteiger partial charge on any atom is 0.244 e. The molecular weight excluding hydrogens is 446 g/mol. The molecule has 32 heavy (non-hydrogen) atoms. The van der Waals surface area contributed by atoms with Gasteiger partial charge in [0, 0.05) is 32.9 Å². The molecule has 1 aliphatic rings. The number of hydrogen-bond acceptors (Lipinski definition) is 5. The Kier molecular flexibility index (Phi) is 6.09. The van der Waals surface area contributed by atoms with Crippen molar-refractivity contribution >= 4 is 25.7 Å². The second-order valence-electron chi connectivity index (χ2n) is 7.72. The van der Waals surface area contributed by atoms with Crippen molar-refractivity contribution in [1.82, 2.24) is 8.61 Å². The van der Waals surface area contributed by atoms with Crippen LogP contribution in [0.5, 0.6) is 0 Å². The van der Waals surface area contributed by atoms with Crippen molar-refractivity contribution in [3.05, 3.63) is 90.5 Å². The van der Waals surface area contributed by atoms with Crippen LogP contribution in [0.4, 0.5) is 5.69 Å². The minimum absolute atomic E-state index is 0.0589. The highest BCUT2D eigenvalue weighted by Crippen LogP contribution is 2.38. The van der Waals surface area contributed by atoms with Crippen LogP contribution < -0.4 is 4.90 Å². The molecule has 0 aliphatic carbocycles. The summed E-state index contributed by atoms with van der Waals surface area (Å²) < 4.78 is 56.5. The zero-order valence-corrected chi connectivity index (χ0v) is 19.5. The van der Waals surface area contributed by atoms with E-state index in [1.54, 1.807) is 48.5 Å². The van der Waals surface area contributed by atoms with Crippen LogP contribution in [0.25, 0.3) is 0 Å². The monoisotopic (exact) mass is 471 g/mol. The minimum atomic E-state index is -3.92. The zero-order valence-electron chi connectivity index (χ0n) is 17.9. The first-order valence-corrected chi connectivity index (χ1v) is 13.0. The lowest BCUT2D eigenvalue weighted by Gasteiger charge is -2.30. The molecular formula is C23H25N3O4S2. The molecule has 0 spiro atoms. The maximum absolute atomic E-state index is 13.5. The molecule has 4 rings (SSSR count). The van der Waals surface area contributed by atoms with Crippen molar-refractivity contribution < 1.29 is 16.8 Å². The van der Waals surface area contributed by atoms with E-state index in [0.717, 1.165) is 5.69 Å². The van der Waals surface area contributed by atoms with E-state index in [0.29, 0.717) is 5.56 Å². The van der Waals surface area contributed by atoms with Crippen molar-refractivity contribution in [2.24, 2.45) is 0 Å². The summed E-state index contributed by atoms with van der Waals surface area (Å²) in [7, 11) is -4.03. The van der Waals surface area contributed by atoms with Crippen LogP contribution in [0.15, 0.2) is 94.7 Å². The zero-order chi connectivity index (χ0) is 22.9. The molecule has 1 fully saturated rings. The Bertz CT molecular complexity index is 1200. The Labute approximate surface area is 189 Å². The number of nitrogens with zero attached hydrogens (tertiary/aromatic N) is 3. The van der Waals surface area contributed by atoms with Gasteiger partial charge in [-0.05, 0) is 42.0 Å². The molecule has 9 heteroatoms. The topological polar surface area (TPSA) is 78.0 Å². The van der Waals surface area contributed by atoms with Gasteiger partial charge in [0.2, 0.25) is 20.0 Å². The van der Waals surface area contributed by atoms with Gasteiger partial charge in [0.1, 0.15) is 6.17 Å². The summed E-state index contributed by atoms with van der Waals surface area (Å²) in [5, 5.41) is 0. The van der Waals surface area contributed by atoms with Crippen LogP contribution in [0.2, 0.25) is 0 Å². The Morgan fingerprint density at radius 3 is 1.44 bits per heavy atom. The lowest BCUT2D eigenvalue weighted by molar-refractivity contribution is 0.292. The van der Waals surface area contributed by atoms with Crippen LogP contribution in [0.1, 0.15) is 11.7 Å². The van der Waals surface area contributed by atoms with Gasteiger partial charge in [-0.25, -0.2) is 16.8 Å². The van der Waals surface area contributed by atoms with Gasteiger partial charge >= 0.3 is 0 Å². The highest BCUT2D eigenvalue weighted by Gasteiger charge is 2.46. The van der Waals surface area contributed by atoms with E-state index >= 15 is 0 Å². The maximum atomic E-state index is 13.5. The van der Waals surface area contributed by atoms with Crippen molar-refractivity contribution in [3.63, 3.8) is 0 Å². The van der Waals surface area contributed by atoms with Crippen molar-refractivity contribution in [1.29, 1.82) is 0 Å². The standard InChI is InChI=1S/C23H25N3O4S2/c1-24(2)20-15-13-19(14-16-20)23-25(31(27,28)21-9-5-3-6-10-21)17-18-26(23)32(29,30)22-11-7-4-8-12-22/h3-16,23H,17-18H2,1-2H3. The molecule has 7 nitrogen and oxygen atoms in total. The lowest BCUT2D eigenvalue weighted by atomic mass is 10.1. The van der Waals surface area contributed by atoms with Gasteiger partial charge in [-0.1, -0.05) is 48.5 Å². The first-order chi connectivity index (χ1) is 15.2. The third-order valence-electron chi connectivity index (χ3n) is 5.49. The molecule has 1 saturated heterocycles. The second-order valence-corrected chi connectivity index (χ2v) is 11.5. The van der Waals surface area contributed by atoms with E-state index in [2.05, 4.69) is 0 Å². The molecule has 0 aromatic heterocycles. The molecule has 1 heterocycles.